The van der Waals surface area contributed by atoms with Gasteiger partial charge in [-0.15, -0.1) is 0 Å². The first-order chi connectivity index (χ1) is 10.2. The van der Waals surface area contributed by atoms with E-state index in [0.717, 1.165) is 0 Å². The summed E-state index contributed by atoms with van der Waals surface area (Å²) in [5.41, 5.74) is 14.6. The fourth-order valence-electron chi connectivity index (χ4n) is 3.36. The maximum absolute atomic E-state index is 10.8. The van der Waals surface area contributed by atoms with Crippen LogP contribution >= 0.6 is 0 Å². The number of aliphatic imine (C=N–C) groups is 2. The molecule has 0 aromatic rings. The van der Waals surface area contributed by atoms with E-state index in [1.54, 1.807) is 0 Å². The summed E-state index contributed by atoms with van der Waals surface area (Å²) in [6.07, 6.45) is -1.13. The second-order valence-corrected chi connectivity index (χ2v) is 5.37. The van der Waals surface area contributed by atoms with Crippen LogP contribution in [0.5, 0.6) is 0 Å². The maximum atomic E-state index is 10.8. The van der Waals surface area contributed by atoms with Crippen LogP contribution in [0.3, 0.4) is 0 Å². The van der Waals surface area contributed by atoms with E-state index in [0.29, 0.717) is 5.06 Å². The number of ether oxygens (including phenoxy) is 1. The summed E-state index contributed by atoms with van der Waals surface area (Å²) in [7, 11) is 0. The normalized spacial score (nSPS) is 35.6. The minimum absolute atomic E-state index is 0.0526. The van der Waals surface area contributed by atoms with Crippen molar-refractivity contribution in [1.29, 1.82) is 0 Å². The standard InChI is InChI=1S/C10H17N7O5/c11-6-14-4(3-22-8(13)18)5-10(17(21)7(12)15-5)9(19,20)1-2-16(6)10/h4-5,19-21H,1-3H2,(H2,11,14)(H2,12,15)(H2,13,18)/t4-,5-,10?/m0/s1. The summed E-state index contributed by atoms with van der Waals surface area (Å²) in [6.45, 7) is -0.168. The van der Waals surface area contributed by atoms with E-state index >= 15 is 0 Å². The zero-order valence-corrected chi connectivity index (χ0v) is 11.5. The first-order valence-electron chi connectivity index (χ1n) is 6.52. The largest absolute Gasteiger partial charge is 0.447 e. The third-order valence-corrected chi connectivity index (χ3v) is 4.24. The van der Waals surface area contributed by atoms with Gasteiger partial charge in [-0.3, -0.25) is 5.21 Å². The molecule has 0 radical (unpaired) electrons. The average molecular weight is 315 g/mol. The quantitative estimate of drug-likeness (QED) is 0.277. The number of hydroxylamine groups is 2. The van der Waals surface area contributed by atoms with E-state index in [4.69, 9.17) is 21.9 Å². The van der Waals surface area contributed by atoms with Crippen molar-refractivity contribution < 1.29 is 25.0 Å². The van der Waals surface area contributed by atoms with Crippen molar-refractivity contribution in [3.05, 3.63) is 0 Å². The number of guanidine groups is 2. The molecule has 3 heterocycles. The fourth-order valence-corrected chi connectivity index (χ4v) is 3.36. The predicted molar refractivity (Wildman–Crippen MR) is 71.2 cm³/mol. The Labute approximate surface area is 124 Å². The monoisotopic (exact) mass is 315 g/mol. The van der Waals surface area contributed by atoms with E-state index in [1.807, 2.05) is 0 Å². The molecule has 1 spiro atoms. The number of nitrogens with two attached hydrogens (primary N) is 3. The second kappa shape index (κ2) is 4.34. The number of primary amides is 1. The zero-order chi connectivity index (χ0) is 16.3. The Bertz CT molecular complexity index is 578. The van der Waals surface area contributed by atoms with Gasteiger partial charge in [-0.2, -0.15) is 5.06 Å². The smallest absolute Gasteiger partial charge is 0.404 e. The lowest BCUT2D eigenvalue weighted by molar-refractivity contribution is -0.298. The SMILES string of the molecule is NC(=O)OC[C@@H]1N=C(N)N2CCC(O)(O)C23[C@H]1N=C(N)N3O. The second-order valence-electron chi connectivity index (χ2n) is 5.37. The van der Waals surface area contributed by atoms with E-state index in [-0.39, 0.29) is 31.5 Å². The number of amides is 1. The van der Waals surface area contributed by atoms with Crippen LogP contribution in [0, 0.1) is 0 Å². The average Bonchev–Trinajstić information content (AvgIpc) is 2.86. The molecule has 0 aromatic heterocycles. The Morgan fingerprint density at radius 2 is 2.05 bits per heavy atom. The summed E-state index contributed by atoms with van der Waals surface area (Å²) in [4.78, 5) is 20.3. The fraction of sp³-hybridized carbons (Fsp3) is 0.700. The van der Waals surface area contributed by atoms with Crippen LogP contribution in [0.1, 0.15) is 6.42 Å². The number of carbonyl (C=O) groups excluding carboxylic acids is 1. The molecule has 9 N–H and O–H groups in total. The van der Waals surface area contributed by atoms with E-state index < -0.39 is 29.6 Å². The van der Waals surface area contributed by atoms with Crippen LogP contribution < -0.4 is 17.2 Å². The summed E-state index contributed by atoms with van der Waals surface area (Å²) in [5, 5.41) is 31.5. The lowest BCUT2D eigenvalue weighted by atomic mass is 9.86. The van der Waals surface area contributed by atoms with Gasteiger partial charge in [-0.1, -0.05) is 0 Å². The van der Waals surface area contributed by atoms with Crippen molar-refractivity contribution >= 4 is 18.0 Å². The molecule has 12 nitrogen and oxygen atoms in total. The molecule has 0 aliphatic carbocycles. The first kappa shape index (κ1) is 14.6. The van der Waals surface area contributed by atoms with Crippen LogP contribution in [0.2, 0.25) is 0 Å². The Morgan fingerprint density at radius 1 is 1.36 bits per heavy atom. The maximum Gasteiger partial charge on any atom is 0.404 e. The topological polar surface area (TPSA) is 196 Å². The number of hydrogen-bond acceptors (Lipinski definition) is 11. The minimum atomic E-state index is -2.36. The van der Waals surface area contributed by atoms with Gasteiger partial charge < -0.3 is 37.1 Å². The molecule has 3 rings (SSSR count). The molecular formula is C10H17N7O5. The van der Waals surface area contributed by atoms with Gasteiger partial charge in [0.1, 0.15) is 18.7 Å². The van der Waals surface area contributed by atoms with Crippen LogP contribution in [0.15, 0.2) is 9.98 Å². The molecule has 0 bridgehead atoms. The lowest BCUT2D eigenvalue weighted by Crippen LogP contribution is -2.76. The van der Waals surface area contributed by atoms with Crippen molar-refractivity contribution in [1.82, 2.24) is 9.96 Å². The van der Waals surface area contributed by atoms with Crippen LogP contribution in [-0.4, -0.2) is 80.1 Å². The summed E-state index contributed by atoms with van der Waals surface area (Å²) in [5.74, 6) is -2.73. The Morgan fingerprint density at radius 3 is 2.68 bits per heavy atom. The van der Waals surface area contributed by atoms with E-state index in [1.165, 1.54) is 4.90 Å². The summed E-state index contributed by atoms with van der Waals surface area (Å²) >= 11 is 0. The summed E-state index contributed by atoms with van der Waals surface area (Å²) in [6, 6.07) is -1.89. The van der Waals surface area contributed by atoms with Gasteiger partial charge in [0.2, 0.25) is 17.4 Å². The molecule has 22 heavy (non-hydrogen) atoms. The van der Waals surface area contributed by atoms with Crippen molar-refractivity contribution in [3.63, 3.8) is 0 Å². The van der Waals surface area contributed by atoms with E-state index in [2.05, 4.69) is 9.98 Å². The lowest BCUT2D eigenvalue weighted by Gasteiger charge is -2.50. The van der Waals surface area contributed by atoms with Gasteiger partial charge in [-0.25, -0.2) is 14.8 Å². The highest BCUT2D eigenvalue weighted by molar-refractivity contribution is 5.86. The predicted octanol–water partition coefficient (Wildman–Crippen LogP) is -3.75. The number of rotatable bonds is 2. The van der Waals surface area contributed by atoms with Gasteiger partial charge in [0.15, 0.2) is 5.96 Å². The zero-order valence-electron chi connectivity index (χ0n) is 11.5. The third-order valence-electron chi connectivity index (χ3n) is 4.24. The van der Waals surface area contributed by atoms with Gasteiger partial charge in [0.25, 0.3) is 0 Å². The van der Waals surface area contributed by atoms with Crippen LogP contribution in [0.25, 0.3) is 0 Å². The van der Waals surface area contributed by atoms with Gasteiger partial charge in [0, 0.05) is 13.0 Å². The Hall–Kier alpha value is -2.31. The molecule has 3 aliphatic heterocycles. The van der Waals surface area contributed by atoms with Crippen molar-refractivity contribution in [2.24, 2.45) is 27.2 Å². The molecule has 122 valence electrons. The molecule has 1 amide bonds. The van der Waals surface area contributed by atoms with Gasteiger partial charge in [-0.05, 0) is 0 Å². The highest BCUT2D eigenvalue weighted by atomic mass is 16.6. The molecule has 12 heteroatoms. The number of aliphatic hydroxyl groups is 2. The molecule has 3 aliphatic rings. The summed E-state index contributed by atoms with van der Waals surface area (Å²) < 4.78 is 4.71. The highest BCUT2D eigenvalue weighted by Crippen LogP contribution is 2.48. The third kappa shape index (κ3) is 1.59. The Balaban J connectivity index is 2.07. The minimum Gasteiger partial charge on any atom is -0.447 e. The molecule has 0 saturated carbocycles. The molecule has 1 unspecified atom stereocenters. The number of hydrogen-bond donors (Lipinski definition) is 6. The van der Waals surface area contributed by atoms with Gasteiger partial charge in [0.05, 0.1) is 0 Å². The highest BCUT2D eigenvalue weighted by Gasteiger charge is 2.73. The molecular weight excluding hydrogens is 298 g/mol. The van der Waals surface area contributed by atoms with Crippen molar-refractivity contribution in [2.75, 3.05) is 13.2 Å². The van der Waals surface area contributed by atoms with Crippen molar-refractivity contribution in [3.8, 4) is 0 Å². The molecule has 1 saturated heterocycles. The van der Waals surface area contributed by atoms with Gasteiger partial charge >= 0.3 is 6.09 Å². The number of carbonyl (C=O) groups is 1. The molecule has 0 aromatic carbocycles. The van der Waals surface area contributed by atoms with E-state index in [9.17, 15) is 20.2 Å². The Kier molecular flexibility index (Phi) is 2.89. The van der Waals surface area contributed by atoms with Crippen LogP contribution in [0.4, 0.5) is 4.79 Å². The number of nitrogens with zero attached hydrogens (tertiary/aromatic N) is 4. The molecule has 1 fully saturated rings. The molecule has 3 atom stereocenters. The first-order valence-corrected chi connectivity index (χ1v) is 6.52. The van der Waals surface area contributed by atoms with Crippen LogP contribution in [-0.2, 0) is 4.74 Å². The van der Waals surface area contributed by atoms with Crippen molar-refractivity contribution in [2.45, 2.75) is 30.0 Å².